The van der Waals surface area contributed by atoms with E-state index in [2.05, 4.69) is 21.2 Å². The van der Waals surface area contributed by atoms with Gasteiger partial charge in [0.2, 0.25) is 5.91 Å². The van der Waals surface area contributed by atoms with E-state index < -0.39 is 0 Å². The molecule has 0 aromatic heterocycles. The first-order valence-electron chi connectivity index (χ1n) is 5.62. The van der Waals surface area contributed by atoms with Crippen molar-refractivity contribution in [1.82, 2.24) is 5.32 Å². The molecule has 2 nitrogen and oxygen atoms in total. The SMILES string of the molecule is CC(CCl)C(C)NC(=O)Cc1cccc(Br)c1. The van der Waals surface area contributed by atoms with E-state index in [1.54, 1.807) is 0 Å². The van der Waals surface area contributed by atoms with E-state index in [-0.39, 0.29) is 17.9 Å². The van der Waals surface area contributed by atoms with E-state index >= 15 is 0 Å². The fourth-order valence-corrected chi connectivity index (χ4v) is 2.13. The van der Waals surface area contributed by atoms with Crippen molar-refractivity contribution in [2.24, 2.45) is 5.92 Å². The Kier molecular flexibility index (Phi) is 6.00. The number of nitrogens with one attached hydrogen (secondary N) is 1. The molecule has 1 rings (SSSR count). The summed E-state index contributed by atoms with van der Waals surface area (Å²) in [7, 11) is 0. The molecule has 0 bridgehead atoms. The maximum atomic E-state index is 11.8. The van der Waals surface area contributed by atoms with Gasteiger partial charge in [-0.05, 0) is 30.5 Å². The van der Waals surface area contributed by atoms with Crippen LogP contribution in [0.3, 0.4) is 0 Å². The molecule has 4 heteroatoms. The average Bonchev–Trinajstić information content (AvgIpc) is 2.27. The Balaban J connectivity index is 2.50. The van der Waals surface area contributed by atoms with E-state index in [9.17, 15) is 4.79 Å². The molecule has 0 fully saturated rings. The molecule has 2 unspecified atom stereocenters. The summed E-state index contributed by atoms with van der Waals surface area (Å²) in [5.41, 5.74) is 1.00. The Morgan fingerprint density at radius 2 is 2.18 bits per heavy atom. The number of alkyl halides is 1. The zero-order valence-corrected chi connectivity index (χ0v) is 12.4. The van der Waals surface area contributed by atoms with Crippen molar-refractivity contribution in [2.45, 2.75) is 26.3 Å². The van der Waals surface area contributed by atoms with Crippen LogP contribution >= 0.6 is 27.5 Å². The standard InChI is InChI=1S/C13H17BrClNO/c1-9(8-15)10(2)16-13(17)7-11-4-3-5-12(14)6-11/h3-6,9-10H,7-8H2,1-2H3,(H,16,17). The van der Waals surface area contributed by atoms with Gasteiger partial charge in [0.25, 0.3) is 0 Å². The minimum absolute atomic E-state index is 0.0348. The van der Waals surface area contributed by atoms with E-state index in [1.807, 2.05) is 38.1 Å². The first kappa shape index (κ1) is 14.5. The molecule has 94 valence electrons. The number of hydrogen-bond donors (Lipinski definition) is 1. The zero-order chi connectivity index (χ0) is 12.8. The van der Waals surface area contributed by atoms with E-state index in [4.69, 9.17) is 11.6 Å². The molecule has 0 aliphatic carbocycles. The highest BCUT2D eigenvalue weighted by molar-refractivity contribution is 9.10. The highest BCUT2D eigenvalue weighted by atomic mass is 79.9. The van der Waals surface area contributed by atoms with Crippen LogP contribution in [0.15, 0.2) is 28.7 Å². The van der Waals surface area contributed by atoms with Crippen LogP contribution in [0.5, 0.6) is 0 Å². The number of rotatable bonds is 5. The Labute approximate surface area is 116 Å². The molecule has 0 heterocycles. The van der Waals surface area contributed by atoms with Crippen molar-refractivity contribution >= 4 is 33.4 Å². The Bertz CT molecular complexity index is 383. The normalized spacial score (nSPS) is 14.1. The first-order chi connectivity index (χ1) is 8.02. The van der Waals surface area contributed by atoms with Crippen molar-refractivity contribution in [1.29, 1.82) is 0 Å². The lowest BCUT2D eigenvalue weighted by atomic mass is 10.1. The summed E-state index contributed by atoms with van der Waals surface area (Å²) in [6.45, 7) is 4.00. The van der Waals surface area contributed by atoms with Gasteiger partial charge in [-0.15, -0.1) is 11.6 Å². The third-order valence-electron chi connectivity index (χ3n) is 2.74. The minimum Gasteiger partial charge on any atom is -0.353 e. The monoisotopic (exact) mass is 317 g/mol. The van der Waals surface area contributed by atoms with Crippen LogP contribution in [0.4, 0.5) is 0 Å². The second-order valence-corrected chi connectivity index (χ2v) is 5.52. The third-order valence-corrected chi connectivity index (χ3v) is 3.72. The van der Waals surface area contributed by atoms with Gasteiger partial charge in [-0.3, -0.25) is 4.79 Å². The largest absolute Gasteiger partial charge is 0.353 e. The molecule has 0 aliphatic rings. The summed E-state index contributed by atoms with van der Waals surface area (Å²) in [6, 6.07) is 7.87. The van der Waals surface area contributed by atoms with Crippen LogP contribution < -0.4 is 5.32 Å². The van der Waals surface area contributed by atoms with Gasteiger partial charge in [-0.2, -0.15) is 0 Å². The van der Waals surface area contributed by atoms with Crippen LogP contribution in [0, 0.1) is 5.92 Å². The third kappa shape index (κ3) is 5.09. The van der Waals surface area contributed by atoms with Crippen molar-refractivity contribution in [3.8, 4) is 0 Å². The molecule has 1 N–H and O–H groups in total. The van der Waals surface area contributed by atoms with Gasteiger partial charge in [-0.25, -0.2) is 0 Å². The van der Waals surface area contributed by atoms with Crippen LogP contribution in [0.25, 0.3) is 0 Å². The van der Waals surface area contributed by atoms with Crippen LogP contribution in [-0.4, -0.2) is 17.8 Å². The predicted octanol–water partition coefficient (Wildman–Crippen LogP) is 3.37. The van der Waals surface area contributed by atoms with Gasteiger partial charge in [0.1, 0.15) is 0 Å². The molecule has 1 aromatic carbocycles. The van der Waals surface area contributed by atoms with E-state index in [0.29, 0.717) is 12.3 Å². The lowest BCUT2D eigenvalue weighted by Gasteiger charge is -2.19. The molecule has 0 saturated carbocycles. The Hall–Kier alpha value is -0.540. The molecule has 0 spiro atoms. The molecule has 2 atom stereocenters. The summed E-state index contributed by atoms with van der Waals surface area (Å²) >= 11 is 9.14. The minimum atomic E-state index is 0.0348. The van der Waals surface area contributed by atoms with E-state index in [0.717, 1.165) is 10.0 Å². The summed E-state index contributed by atoms with van der Waals surface area (Å²) in [5.74, 6) is 0.869. The van der Waals surface area contributed by atoms with Crippen molar-refractivity contribution in [3.63, 3.8) is 0 Å². The summed E-state index contributed by atoms with van der Waals surface area (Å²) in [5, 5.41) is 2.96. The molecular weight excluding hydrogens is 302 g/mol. The van der Waals surface area contributed by atoms with E-state index in [1.165, 1.54) is 0 Å². The number of carbonyl (C=O) groups excluding carboxylic acids is 1. The maximum Gasteiger partial charge on any atom is 0.224 e. The van der Waals surface area contributed by atoms with Gasteiger partial charge in [0.15, 0.2) is 0 Å². The number of benzene rings is 1. The summed E-state index contributed by atoms with van der Waals surface area (Å²) in [6.07, 6.45) is 0.402. The molecule has 1 amide bonds. The first-order valence-corrected chi connectivity index (χ1v) is 6.95. The van der Waals surface area contributed by atoms with Gasteiger partial charge in [0.05, 0.1) is 6.42 Å². The predicted molar refractivity (Wildman–Crippen MR) is 75.3 cm³/mol. The molecule has 17 heavy (non-hydrogen) atoms. The van der Waals surface area contributed by atoms with Crippen molar-refractivity contribution in [3.05, 3.63) is 34.3 Å². The summed E-state index contributed by atoms with van der Waals surface area (Å²) < 4.78 is 0.991. The average molecular weight is 319 g/mol. The Morgan fingerprint density at radius 3 is 2.76 bits per heavy atom. The smallest absolute Gasteiger partial charge is 0.224 e. The maximum absolute atomic E-state index is 11.8. The van der Waals surface area contributed by atoms with Crippen LogP contribution in [-0.2, 0) is 11.2 Å². The van der Waals surface area contributed by atoms with Gasteiger partial charge < -0.3 is 5.32 Å². The zero-order valence-electron chi connectivity index (χ0n) is 10.0. The highest BCUT2D eigenvalue weighted by Gasteiger charge is 2.13. The quantitative estimate of drug-likeness (QED) is 0.829. The van der Waals surface area contributed by atoms with Crippen LogP contribution in [0.2, 0.25) is 0 Å². The Morgan fingerprint density at radius 1 is 1.47 bits per heavy atom. The number of amides is 1. The molecule has 0 saturated heterocycles. The van der Waals surface area contributed by atoms with Crippen molar-refractivity contribution in [2.75, 3.05) is 5.88 Å². The fraction of sp³-hybridized carbons (Fsp3) is 0.462. The number of carbonyl (C=O) groups is 1. The second-order valence-electron chi connectivity index (χ2n) is 4.29. The lowest BCUT2D eigenvalue weighted by molar-refractivity contribution is -0.121. The molecule has 0 aliphatic heterocycles. The summed E-state index contributed by atoms with van der Waals surface area (Å²) in [4.78, 5) is 11.8. The number of halogens is 2. The lowest BCUT2D eigenvalue weighted by Crippen LogP contribution is -2.38. The topological polar surface area (TPSA) is 29.1 Å². The molecule has 0 radical (unpaired) electrons. The molecular formula is C13H17BrClNO. The van der Waals surface area contributed by atoms with Gasteiger partial charge in [-0.1, -0.05) is 35.0 Å². The highest BCUT2D eigenvalue weighted by Crippen LogP contribution is 2.12. The van der Waals surface area contributed by atoms with Gasteiger partial charge >= 0.3 is 0 Å². The van der Waals surface area contributed by atoms with Crippen LogP contribution in [0.1, 0.15) is 19.4 Å². The fourth-order valence-electron chi connectivity index (χ4n) is 1.41. The molecule has 1 aromatic rings. The van der Waals surface area contributed by atoms with Gasteiger partial charge in [0, 0.05) is 16.4 Å². The second kappa shape index (κ2) is 7.02. The number of hydrogen-bond acceptors (Lipinski definition) is 1. The van der Waals surface area contributed by atoms with Crippen molar-refractivity contribution < 1.29 is 4.79 Å².